The highest BCUT2D eigenvalue weighted by atomic mass is 127. The first-order valence-electron chi connectivity index (χ1n) is 5.01. The van der Waals surface area contributed by atoms with Crippen LogP contribution in [0.3, 0.4) is 0 Å². The molecule has 0 aliphatic heterocycles. The van der Waals surface area contributed by atoms with Crippen LogP contribution in [0.5, 0.6) is 0 Å². The van der Waals surface area contributed by atoms with Crippen LogP contribution in [0.1, 0.15) is 6.42 Å². The molecule has 0 aliphatic rings. The van der Waals surface area contributed by atoms with Gasteiger partial charge in [0.15, 0.2) is 5.82 Å². The topological polar surface area (TPSA) is 30.7 Å². The number of alkyl halides is 1. The summed E-state index contributed by atoms with van der Waals surface area (Å²) in [7, 11) is 0. The molecule has 0 unspecified atom stereocenters. The maximum absolute atomic E-state index is 12.0. The molecule has 2 aromatic rings. The van der Waals surface area contributed by atoms with Crippen molar-refractivity contribution in [2.75, 3.05) is 6.67 Å². The lowest BCUT2D eigenvalue weighted by Crippen LogP contribution is -1.99. The summed E-state index contributed by atoms with van der Waals surface area (Å²) in [6, 6.07) is 7.98. The number of hydrogen-bond acceptors (Lipinski definition) is 2. The van der Waals surface area contributed by atoms with Gasteiger partial charge in [-0.2, -0.15) is 5.10 Å². The van der Waals surface area contributed by atoms with Gasteiger partial charge in [-0.15, -0.1) is 0 Å². The summed E-state index contributed by atoms with van der Waals surface area (Å²) in [5.74, 6) is 0.692. The Morgan fingerprint density at radius 3 is 3.00 bits per heavy atom. The Morgan fingerprint density at radius 1 is 1.38 bits per heavy atom. The van der Waals surface area contributed by atoms with E-state index >= 15 is 0 Å². The molecule has 0 spiro atoms. The average Bonchev–Trinajstić information content (AvgIpc) is 2.75. The minimum atomic E-state index is -0.321. The molecule has 0 saturated heterocycles. The van der Waals surface area contributed by atoms with Crippen LogP contribution in [0.15, 0.2) is 30.6 Å². The molecule has 0 aliphatic carbocycles. The molecular weight excluding hydrogens is 320 g/mol. The third kappa shape index (κ3) is 2.78. The lowest BCUT2D eigenvalue weighted by Gasteiger charge is -1.97. The third-order valence-corrected chi connectivity index (χ3v) is 2.81. The Hall–Kier alpha value is -0.980. The summed E-state index contributed by atoms with van der Waals surface area (Å²) in [6.45, 7) is 0.256. The van der Waals surface area contributed by atoms with Gasteiger partial charge in [0.1, 0.15) is 6.33 Å². The molecule has 84 valence electrons. The van der Waals surface area contributed by atoms with Gasteiger partial charge < -0.3 is 0 Å². The van der Waals surface area contributed by atoms with Crippen LogP contribution in [0.25, 0.3) is 11.4 Å². The first-order valence-corrected chi connectivity index (χ1v) is 6.09. The van der Waals surface area contributed by atoms with Gasteiger partial charge in [0.05, 0.1) is 6.67 Å². The molecule has 3 nitrogen and oxygen atoms in total. The molecular formula is C11H11FIN3. The van der Waals surface area contributed by atoms with E-state index in [1.54, 1.807) is 11.0 Å². The van der Waals surface area contributed by atoms with Crippen molar-refractivity contribution >= 4 is 22.6 Å². The second kappa shape index (κ2) is 5.38. The van der Waals surface area contributed by atoms with E-state index in [9.17, 15) is 4.39 Å². The van der Waals surface area contributed by atoms with E-state index < -0.39 is 0 Å². The molecule has 0 saturated carbocycles. The molecule has 0 atom stereocenters. The standard InChI is InChI=1S/C11H11FIN3/c12-5-2-6-16-8-14-11(15-16)9-3-1-4-10(13)7-9/h1,3-4,7-8H,2,5-6H2. The fourth-order valence-corrected chi connectivity index (χ4v) is 1.93. The van der Waals surface area contributed by atoms with Gasteiger partial charge in [-0.05, 0) is 41.1 Å². The van der Waals surface area contributed by atoms with E-state index in [0.29, 0.717) is 18.8 Å². The SMILES string of the molecule is FCCCn1cnc(-c2cccc(I)c2)n1. The lowest BCUT2D eigenvalue weighted by atomic mass is 10.2. The summed E-state index contributed by atoms with van der Waals surface area (Å²) in [4.78, 5) is 4.21. The van der Waals surface area contributed by atoms with Gasteiger partial charge in [-0.3, -0.25) is 9.07 Å². The van der Waals surface area contributed by atoms with Crippen molar-refractivity contribution in [2.24, 2.45) is 0 Å². The first kappa shape index (κ1) is 11.5. The molecule has 1 aromatic heterocycles. The van der Waals surface area contributed by atoms with Crippen molar-refractivity contribution in [2.45, 2.75) is 13.0 Å². The van der Waals surface area contributed by atoms with Gasteiger partial charge in [0.2, 0.25) is 0 Å². The van der Waals surface area contributed by atoms with E-state index in [1.165, 1.54) is 0 Å². The van der Waals surface area contributed by atoms with Crippen molar-refractivity contribution in [3.8, 4) is 11.4 Å². The minimum Gasteiger partial charge on any atom is -0.252 e. The third-order valence-electron chi connectivity index (χ3n) is 2.14. The molecule has 0 N–H and O–H groups in total. The summed E-state index contributed by atoms with van der Waals surface area (Å²) in [5.41, 5.74) is 0.992. The zero-order valence-corrected chi connectivity index (χ0v) is 10.8. The van der Waals surface area contributed by atoms with Crippen LogP contribution >= 0.6 is 22.6 Å². The minimum absolute atomic E-state index is 0.321. The molecule has 0 fully saturated rings. The fourth-order valence-electron chi connectivity index (χ4n) is 1.38. The van der Waals surface area contributed by atoms with E-state index in [4.69, 9.17) is 0 Å². The predicted molar refractivity (Wildman–Crippen MR) is 68.8 cm³/mol. The summed E-state index contributed by atoms with van der Waals surface area (Å²) < 4.78 is 14.8. The van der Waals surface area contributed by atoms with Crippen LogP contribution in [-0.2, 0) is 6.54 Å². The summed E-state index contributed by atoms with van der Waals surface area (Å²) in [5, 5.41) is 4.29. The maximum Gasteiger partial charge on any atom is 0.181 e. The number of aromatic nitrogens is 3. The largest absolute Gasteiger partial charge is 0.252 e. The van der Waals surface area contributed by atoms with Gasteiger partial charge >= 0.3 is 0 Å². The summed E-state index contributed by atoms with van der Waals surface area (Å²) in [6.07, 6.45) is 2.12. The Bertz CT molecular complexity index is 470. The summed E-state index contributed by atoms with van der Waals surface area (Å²) >= 11 is 2.25. The number of aryl methyl sites for hydroxylation is 1. The second-order valence-electron chi connectivity index (χ2n) is 3.38. The highest BCUT2D eigenvalue weighted by Gasteiger charge is 2.04. The normalized spacial score (nSPS) is 10.6. The average molecular weight is 331 g/mol. The highest BCUT2D eigenvalue weighted by Crippen LogP contribution is 2.17. The molecule has 1 aromatic carbocycles. The number of halogens is 2. The van der Waals surface area contributed by atoms with Crippen LogP contribution in [0.4, 0.5) is 4.39 Å². The monoisotopic (exact) mass is 331 g/mol. The van der Waals surface area contributed by atoms with Crippen molar-refractivity contribution in [1.29, 1.82) is 0 Å². The van der Waals surface area contributed by atoms with Gasteiger partial charge in [0, 0.05) is 15.7 Å². The quantitative estimate of drug-likeness (QED) is 0.807. The number of benzene rings is 1. The number of rotatable bonds is 4. The van der Waals surface area contributed by atoms with E-state index in [-0.39, 0.29) is 6.67 Å². The second-order valence-corrected chi connectivity index (χ2v) is 4.63. The maximum atomic E-state index is 12.0. The van der Waals surface area contributed by atoms with Crippen molar-refractivity contribution in [1.82, 2.24) is 14.8 Å². The van der Waals surface area contributed by atoms with Crippen LogP contribution < -0.4 is 0 Å². The molecule has 2 rings (SSSR count). The molecule has 16 heavy (non-hydrogen) atoms. The molecule has 0 amide bonds. The van der Waals surface area contributed by atoms with Crippen LogP contribution in [0.2, 0.25) is 0 Å². The van der Waals surface area contributed by atoms with Crippen molar-refractivity contribution in [3.63, 3.8) is 0 Å². The highest BCUT2D eigenvalue weighted by molar-refractivity contribution is 14.1. The van der Waals surface area contributed by atoms with Crippen LogP contribution in [-0.4, -0.2) is 21.4 Å². The Kier molecular flexibility index (Phi) is 3.87. The Morgan fingerprint density at radius 2 is 2.25 bits per heavy atom. The Balaban J connectivity index is 2.18. The predicted octanol–water partition coefficient (Wildman–Crippen LogP) is 2.91. The lowest BCUT2D eigenvalue weighted by molar-refractivity contribution is 0.434. The number of nitrogens with zero attached hydrogens (tertiary/aromatic N) is 3. The fraction of sp³-hybridized carbons (Fsp3) is 0.273. The van der Waals surface area contributed by atoms with Gasteiger partial charge in [-0.25, -0.2) is 4.98 Å². The van der Waals surface area contributed by atoms with E-state index in [0.717, 1.165) is 9.13 Å². The van der Waals surface area contributed by atoms with Gasteiger partial charge in [-0.1, -0.05) is 12.1 Å². The van der Waals surface area contributed by atoms with Crippen LogP contribution in [0, 0.1) is 3.57 Å². The van der Waals surface area contributed by atoms with E-state index in [1.807, 2.05) is 24.3 Å². The smallest absolute Gasteiger partial charge is 0.181 e. The molecule has 0 bridgehead atoms. The van der Waals surface area contributed by atoms with Gasteiger partial charge in [0.25, 0.3) is 0 Å². The zero-order valence-electron chi connectivity index (χ0n) is 8.61. The van der Waals surface area contributed by atoms with Crippen molar-refractivity contribution < 1.29 is 4.39 Å². The zero-order chi connectivity index (χ0) is 11.4. The number of hydrogen-bond donors (Lipinski definition) is 0. The molecule has 0 radical (unpaired) electrons. The van der Waals surface area contributed by atoms with E-state index in [2.05, 4.69) is 32.7 Å². The molecule has 5 heteroatoms. The Labute approximate surface area is 107 Å². The molecule has 1 heterocycles. The first-order chi connectivity index (χ1) is 7.79. The van der Waals surface area contributed by atoms with Crippen molar-refractivity contribution in [3.05, 3.63) is 34.2 Å².